The van der Waals surface area contributed by atoms with Gasteiger partial charge in [-0.3, -0.25) is 0 Å². The summed E-state index contributed by atoms with van der Waals surface area (Å²) in [7, 11) is -9.28. The lowest BCUT2D eigenvalue weighted by molar-refractivity contribution is 0.272. The molecule has 178 valence electrons. The Morgan fingerprint density at radius 3 is 0.679 bits per heavy atom. The normalized spacial score (nSPS) is 10.2. The Labute approximate surface area is 171 Å². The van der Waals surface area contributed by atoms with Crippen molar-refractivity contribution in [3.8, 4) is 0 Å². The van der Waals surface area contributed by atoms with E-state index in [4.69, 9.17) is 38.5 Å². The lowest BCUT2D eigenvalue weighted by Gasteiger charge is -2.01. The van der Waals surface area contributed by atoms with Crippen LogP contribution in [-0.4, -0.2) is 34.8 Å². The molecular weight excluding hydrogens is 410 g/mol. The molecule has 0 atom stereocenters. The van der Waals surface area contributed by atoms with Crippen molar-refractivity contribution in [2.24, 2.45) is 0 Å². The summed E-state index contributed by atoms with van der Waals surface area (Å²) >= 11 is 0. The van der Waals surface area contributed by atoms with Gasteiger partial charge in [0.1, 0.15) is 0 Å². The maximum Gasteiger partial charge on any atom is 0.466 e. The van der Waals surface area contributed by atoms with E-state index in [0.29, 0.717) is 0 Å². The third-order valence-electron chi connectivity index (χ3n) is 3.21. The van der Waals surface area contributed by atoms with Gasteiger partial charge in [0.15, 0.2) is 0 Å². The van der Waals surface area contributed by atoms with Crippen molar-refractivity contribution >= 4 is 15.6 Å². The van der Waals surface area contributed by atoms with E-state index in [-0.39, 0.29) is 5.48 Å². The van der Waals surface area contributed by atoms with E-state index in [2.05, 4.69) is 13.8 Å². The standard InChI is InChI=1S/C15H32.C2H6.2H3O4P.H2O/c1-3-5-7-9-11-13-15-14-12-10-8-6-4-2;1-2;2*1-5(2,3)4;/h3-15H2,1-2H3;1-2H3;2*(H3,1,2,3,4);1H2. The summed E-state index contributed by atoms with van der Waals surface area (Å²) < 4.78 is 17.8. The fourth-order valence-electron chi connectivity index (χ4n) is 2.09. The van der Waals surface area contributed by atoms with Gasteiger partial charge in [-0.1, -0.05) is 111 Å². The molecule has 0 unspecified atom stereocenters. The van der Waals surface area contributed by atoms with Gasteiger partial charge in [0.25, 0.3) is 0 Å². The zero-order valence-electron chi connectivity index (χ0n) is 18.1. The second-order valence-electron chi connectivity index (χ2n) is 5.92. The topological polar surface area (TPSA) is 187 Å². The van der Waals surface area contributed by atoms with Gasteiger partial charge in [-0.15, -0.1) is 0 Å². The molecule has 0 fully saturated rings. The lowest BCUT2D eigenvalue weighted by atomic mass is 10.1. The molecule has 0 heterocycles. The summed E-state index contributed by atoms with van der Waals surface area (Å²) in [5.41, 5.74) is 0. The Kier molecular flexibility index (Phi) is 40.7. The SMILES string of the molecule is CC.CCCCCCCCCCCCCCC.O.O=P(O)(O)O.O=P(O)(O)O. The minimum atomic E-state index is -4.64. The van der Waals surface area contributed by atoms with Gasteiger partial charge >= 0.3 is 15.6 Å². The van der Waals surface area contributed by atoms with Crippen LogP contribution in [0.3, 0.4) is 0 Å². The molecule has 0 radical (unpaired) electrons. The molecule has 0 aromatic rings. The van der Waals surface area contributed by atoms with Gasteiger partial charge in [-0.05, 0) is 0 Å². The third-order valence-corrected chi connectivity index (χ3v) is 3.21. The van der Waals surface area contributed by atoms with Gasteiger partial charge < -0.3 is 34.8 Å². The van der Waals surface area contributed by atoms with Crippen LogP contribution in [-0.2, 0) is 9.13 Å². The molecular formula is C17H46O9P2. The van der Waals surface area contributed by atoms with Crippen molar-refractivity contribution in [2.45, 2.75) is 111 Å². The molecule has 0 aliphatic rings. The highest BCUT2D eigenvalue weighted by Crippen LogP contribution is 2.26. The Morgan fingerprint density at radius 1 is 0.464 bits per heavy atom. The second-order valence-corrected chi connectivity index (χ2v) is 7.97. The predicted octanol–water partition coefficient (Wildman–Crippen LogP) is 4.44. The summed E-state index contributed by atoms with van der Waals surface area (Å²) in [5.74, 6) is 0. The molecule has 0 aliphatic heterocycles. The molecule has 28 heavy (non-hydrogen) atoms. The van der Waals surface area contributed by atoms with E-state index in [9.17, 15) is 0 Å². The molecule has 8 N–H and O–H groups in total. The maximum absolute atomic E-state index is 8.88. The van der Waals surface area contributed by atoms with Crippen LogP contribution >= 0.6 is 15.6 Å². The molecule has 0 bridgehead atoms. The molecule has 0 saturated carbocycles. The molecule has 9 nitrogen and oxygen atoms in total. The van der Waals surface area contributed by atoms with E-state index in [1.54, 1.807) is 0 Å². The Balaban J connectivity index is -0.000000112. The van der Waals surface area contributed by atoms with Crippen molar-refractivity contribution in [3.63, 3.8) is 0 Å². The summed E-state index contributed by atoms with van der Waals surface area (Å²) in [5, 5.41) is 0. The summed E-state index contributed by atoms with van der Waals surface area (Å²) in [6.45, 7) is 8.58. The number of unbranched alkanes of at least 4 members (excludes halogenated alkanes) is 12. The lowest BCUT2D eigenvalue weighted by Crippen LogP contribution is -1.82. The first-order valence-electron chi connectivity index (χ1n) is 9.98. The first-order valence-corrected chi connectivity index (χ1v) is 13.1. The van der Waals surface area contributed by atoms with E-state index in [1.165, 1.54) is 83.5 Å². The number of rotatable bonds is 12. The molecule has 11 heteroatoms. The quantitative estimate of drug-likeness (QED) is 0.183. The predicted molar refractivity (Wildman–Crippen MR) is 115 cm³/mol. The van der Waals surface area contributed by atoms with Crippen LogP contribution in [0.25, 0.3) is 0 Å². The van der Waals surface area contributed by atoms with Crippen molar-refractivity contribution < 1.29 is 44.0 Å². The van der Waals surface area contributed by atoms with Crippen LogP contribution < -0.4 is 0 Å². The van der Waals surface area contributed by atoms with Crippen LogP contribution in [0.1, 0.15) is 111 Å². The monoisotopic (exact) mass is 456 g/mol. The van der Waals surface area contributed by atoms with Crippen molar-refractivity contribution in [2.75, 3.05) is 0 Å². The number of hydrogen-bond acceptors (Lipinski definition) is 2. The van der Waals surface area contributed by atoms with Gasteiger partial charge in [-0.25, -0.2) is 9.13 Å². The van der Waals surface area contributed by atoms with E-state index in [1.807, 2.05) is 13.8 Å². The van der Waals surface area contributed by atoms with Crippen molar-refractivity contribution in [3.05, 3.63) is 0 Å². The zero-order valence-corrected chi connectivity index (χ0v) is 19.9. The Morgan fingerprint density at radius 2 is 0.571 bits per heavy atom. The van der Waals surface area contributed by atoms with Crippen LogP contribution in [0.4, 0.5) is 0 Å². The number of phosphoric acid groups is 2. The molecule has 0 spiro atoms. The molecule has 0 aromatic heterocycles. The Bertz CT molecular complexity index is 295. The van der Waals surface area contributed by atoms with Crippen LogP contribution in [0, 0.1) is 0 Å². The van der Waals surface area contributed by atoms with E-state index in [0.717, 1.165) is 0 Å². The van der Waals surface area contributed by atoms with E-state index >= 15 is 0 Å². The summed E-state index contributed by atoms with van der Waals surface area (Å²) in [6, 6.07) is 0. The van der Waals surface area contributed by atoms with Gasteiger partial charge in [0.2, 0.25) is 0 Å². The van der Waals surface area contributed by atoms with Crippen LogP contribution in [0.5, 0.6) is 0 Å². The van der Waals surface area contributed by atoms with Crippen molar-refractivity contribution in [1.29, 1.82) is 0 Å². The highest BCUT2D eigenvalue weighted by atomic mass is 31.2. The Hall–Kier alpha value is 0.180. The molecule has 0 rings (SSSR count). The maximum atomic E-state index is 8.88. The second kappa shape index (κ2) is 29.4. The minimum Gasteiger partial charge on any atom is -0.412 e. The van der Waals surface area contributed by atoms with Crippen molar-refractivity contribution in [1.82, 2.24) is 0 Å². The fourth-order valence-corrected chi connectivity index (χ4v) is 2.09. The fraction of sp³-hybridized carbons (Fsp3) is 1.00. The average Bonchev–Trinajstić information content (AvgIpc) is 2.51. The number of hydrogen-bond donors (Lipinski definition) is 6. The third kappa shape index (κ3) is 112. The smallest absolute Gasteiger partial charge is 0.412 e. The summed E-state index contributed by atoms with van der Waals surface area (Å²) in [6.07, 6.45) is 18.9. The molecule has 0 aromatic carbocycles. The zero-order chi connectivity index (χ0) is 22.2. The van der Waals surface area contributed by atoms with Gasteiger partial charge in [0, 0.05) is 0 Å². The average molecular weight is 456 g/mol. The highest BCUT2D eigenvalue weighted by molar-refractivity contribution is 7.45. The minimum absolute atomic E-state index is 0. The first kappa shape index (κ1) is 38.7. The largest absolute Gasteiger partial charge is 0.466 e. The molecule has 0 amide bonds. The molecule has 0 aliphatic carbocycles. The molecule has 0 saturated heterocycles. The first-order chi connectivity index (χ1) is 12.4. The van der Waals surface area contributed by atoms with Gasteiger partial charge in [0.05, 0.1) is 0 Å². The summed E-state index contributed by atoms with van der Waals surface area (Å²) in [4.78, 5) is 43.1. The van der Waals surface area contributed by atoms with Crippen LogP contribution in [0.2, 0.25) is 0 Å². The van der Waals surface area contributed by atoms with Gasteiger partial charge in [-0.2, -0.15) is 0 Å². The highest BCUT2D eigenvalue weighted by Gasteiger charge is 2.00. The van der Waals surface area contributed by atoms with Crippen LogP contribution in [0.15, 0.2) is 0 Å². The van der Waals surface area contributed by atoms with E-state index < -0.39 is 15.6 Å².